The molecule has 1 aliphatic rings. The van der Waals surface area contributed by atoms with Gasteiger partial charge >= 0.3 is 0 Å². The van der Waals surface area contributed by atoms with Crippen LogP contribution in [0.4, 0.5) is 4.39 Å². The normalized spacial score (nSPS) is 17.8. The summed E-state index contributed by atoms with van der Waals surface area (Å²) < 4.78 is 19.5. The maximum absolute atomic E-state index is 13.9. The standard InChI is InChI=1S/C20H32FN3O2/c1-3-23(4-2)13-15-26-14-11-22-20(25)19-10-7-12-24(19)16-17-8-5-6-9-18(17)21/h5-6,8-9,19H,3-4,7,10-16H2,1-2H3,(H,22,25). The van der Waals surface area contributed by atoms with Gasteiger partial charge in [-0.15, -0.1) is 0 Å². The number of carbonyl (C=O) groups excluding carboxylic acids is 1. The Kier molecular flexibility index (Phi) is 9.01. The number of likely N-dealkylation sites (N-methyl/N-ethyl adjacent to an activating group) is 1. The van der Waals surface area contributed by atoms with Gasteiger partial charge in [-0.05, 0) is 38.5 Å². The highest BCUT2D eigenvalue weighted by Crippen LogP contribution is 2.21. The van der Waals surface area contributed by atoms with Crippen molar-refractivity contribution in [1.29, 1.82) is 0 Å². The predicted molar refractivity (Wildman–Crippen MR) is 101 cm³/mol. The average molecular weight is 365 g/mol. The number of nitrogens with zero attached hydrogens (tertiary/aromatic N) is 2. The van der Waals surface area contributed by atoms with E-state index >= 15 is 0 Å². The Bertz CT molecular complexity index is 552. The van der Waals surface area contributed by atoms with Crippen LogP contribution < -0.4 is 5.32 Å². The lowest BCUT2D eigenvalue weighted by Crippen LogP contribution is -2.44. The largest absolute Gasteiger partial charge is 0.378 e. The van der Waals surface area contributed by atoms with E-state index in [1.165, 1.54) is 6.07 Å². The molecule has 0 aliphatic carbocycles. The number of benzene rings is 1. The molecule has 1 aromatic carbocycles. The van der Waals surface area contributed by atoms with Gasteiger partial charge in [0.2, 0.25) is 5.91 Å². The molecule has 5 nitrogen and oxygen atoms in total. The molecule has 1 aromatic rings. The molecule has 0 radical (unpaired) electrons. The number of amides is 1. The number of carbonyl (C=O) groups is 1. The monoisotopic (exact) mass is 365 g/mol. The maximum atomic E-state index is 13.9. The number of nitrogens with one attached hydrogen (secondary N) is 1. The Morgan fingerprint density at radius 2 is 2.08 bits per heavy atom. The quantitative estimate of drug-likeness (QED) is 0.611. The van der Waals surface area contributed by atoms with Crippen LogP contribution in [0.1, 0.15) is 32.3 Å². The highest BCUT2D eigenvalue weighted by molar-refractivity contribution is 5.82. The van der Waals surface area contributed by atoms with Gasteiger partial charge in [-0.1, -0.05) is 32.0 Å². The second kappa shape index (κ2) is 11.3. The summed E-state index contributed by atoms with van der Waals surface area (Å²) >= 11 is 0. The number of likely N-dealkylation sites (tertiary alicyclic amines) is 1. The Morgan fingerprint density at radius 3 is 2.81 bits per heavy atom. The lowest BCUT2D eigenvalue weighted by Gasteiger charge is -2.24. The molecule has 1 heterocycles. The average Bonchev–Trinajstić information content (AvgIpc) is 3.11. The lowest BCUT2D eigenvalue weighted by atomic mass is 10.1. The van der Waals surface area contributed by atoms with Crippen LogP contribution in [0, 0.1) is 5.82 Å². The number of rotatable bonds is 11. The molecule has 1 unspecified atom stereocenters. The van der Waals surface area contributed by atoms with Crippen molar-refractivity contribution in [3.8, 4) is 0 Å². The summed E-state index contributed by atoms with van der Waals surface area (Å²) in [6.45, 7) is 10.3. The first-order chi connectivity index (χ1) is 12.7. The molecule has 146 valence electrons. The zero-order valence-electron chi connectivity index (χ0n) is 16.0. The zero-order chi connectivity index (χ0) is 18.8. The fraction of sp³-hybridized carbons (Fsp3) is 0.650. The highest BCUT2D eigenvalue weighted by Gasteiger charge is 2.30. The van der Waals surface area contributed by atoms with Gasteiger partial charge in [0.05, 0.1) is 19.3 Å². The zero-order valence-corrected chi connectivity index (χ0v) is 16.0. The van der Waals surface area contributed by atoms with Crippen molar-refractivity contribution in [1.82, 2.24) is 15.1 Å². The first-order valence-corrected chi connectivity index (χ1v) is 9.71. The Morgan fingerprint density at radius 1 is 1.31 bits per heavy atom. The predicted octanol–water partition coefficient (Wildman–Crippen LogP) is 2.26. The number of hydrogen-bond donors (Lipinski definition) is 1. The molecular weight excluding hydrogens is 333 g/mol. The van der Waals surface area contributed by atoms with E-state index in [0.717, 1.165) is 39.0 Å². The van der Waals surface area contributed by atoms with Crippen molar-refractivity contribution in [2.75, 3.05) is 45.9 Å². The molecule has 0 aromatic heterocycles. The first-order valence-electron chi connectivity index (χ1n) is 9.71. The fourth-order valence-electron chi connectivity index (χ4n) is 3.36. The summed E-state index contributed by atoms with van der Waals surface area (Å²) in [5, 5.41) is 2.96. The summed E-state index contributed by atoms with van der Waals surface area (Å²) in [5.41, 5.74) is 0.645. The molecule has 1 saturated heterocycles. The molecule has 26 heavy (non-hydrogen) atoms. The molecule has 1 aliphatic heterocycles. The van der Waals surface area contributed by atoms with Gasteiger partial charge in [0.1, 0.15) is 5.82 Å². The number of ether oxygens (including phenoxy) is 1. The van der Waals surface area contributed by atoms with Crippen molar-refractivity contribution >= 4 is 5.91 Å². The van der Waals surface area contributed by atoms with Gasteiger partial charge < -0.3 is 15.0 Å². The third-order valence-electron chi connectivity index (χ3n) is 4.99. The summed E-state index contributed by atoms with van der Waals surface area (Å²) in [5.74, 6) is -0.189. The Labute approximate surface area is 156 Å². The van der Waals surface area contributed by atoms with Crippen molar-refractivity contribution in [2.45, 2.75) is 39.3 Å². The van der Waals surface area contributed by atoms with Crippen LogP contribution in [0.15, 0.2) is 24.3 Å². The number of halogens is 1. The van der Waals surface area contributed by atoms with Gasteiger partial charge in [0.15, 0.2) is 0 Å². The minimum Gasteiger partial charge on any atom is -0.378 e. The SMILES string of the molecule is CCN(CC)CCOCCNC(=O)C1CCCN1Cc1ccccc1F. The number of hydrogen-bond acceptors (Lipinski definition) is 4. The van der Waals surface area contributed by atoms with Crippen molar-refractivity contribution in [3.05, 3.63) is 35.6 Å². The van der Waals surface area contributed by atoms with Crippen LogP contribution in [-0.2, 0) is 16.1 Å². The van der Waals surface area contributed by atoms with Gasteiger partial charge in [0.25, 0.3) is 0 Å². The molecule has 6 heteroatoms. The Balaban J connectivity index is 1.69. The molecule has 1 N–H and O–H groups in total. The second-order valence-electron chi connectivity index (χ2n) is 6.65. The van der Waals surface area contributed by atoms with E-state index in [4.69, 9.17) is 4.74 Å². The summed E-state index contributed by atoms with van der Waals surface area (Å²) in [4.78, 5) is 16.8. The topological polar surface area (TPSA) is 44.8 Å². The van der Waals surface area contributed by atoms with E-state index in [1.54, 1.807) is 12.1 Å². The van der Waals surface area contributed by atoms with Crippen LogP contribution >= 0.6 is 0 Å². The van der Waals surface area contributed by atoms with E-state index < -0.39 is 0 Å². The van der Waals surface area contributed by atoms with Crippen molar-refractivity contribution in [3.63, 3.8) is 0 Å². The molecule has 0 saturated carbocycles. The van der Waals surface area contributed by atoms with E-state index in [0.29, 0.717) is 31.9 Å². The molecule has 0 bridgehead atoms. The van der Waals surface area contributed by atoms with Crippen molar-refractivity contribution in [2.24, 2.45) is 0 Å². The van der Waals surface area contributed by atoms with Crippen LogP contribution in [0.3, 0.4) is 0 Å². The summed E-state index contributed by atoms with van der Waals surface area (Å²) in [6, 6.07) is 6.60. The van der Waals surface area contributed by atoms with E-state index in [1.807, 2.05) is 6.07 Å². The van der Waals surface area contributed by atoms with Crippen molar-refractivity contribution < 1.29 is 13.9 Å². The van der Waals surface area contributed by atoms with Gasteiger partial charge in [-0.3, -0.25) is 9.69 Å². The second-order valence-corrected chi connectivity index (χ2v) is 6.65. The van der Waals surface area contributed by atoms with Crippen LogP contribution in [0.25, 0.3) is 0 Å². The third-order valence-corrected chi connectivity index (χ3v) is 4.99. The molecule has 0 spiro atoms. The Hall–Kier alpha value is -1.50. The van der Waals surface area contributed by atoms with E-state index in [-0.39, 0.29) is 17.8 Å². The van der Waals surface area contributed by atoms with Gasteiger partial charge in [0, 0.05) is 25.2 Å². The highest BCUT2D eigenvalue weighted by atomic mass is 19.1. The molecule has 2 rings (SSSR count). The maximum Gasteiger partial charge on any atom is 0.237 e. The van der Waals surface area contributed by atoms with Crippen LogP contribution in [0.2, 0.25) is 0 Å². The summed E-state index contributed by atoms with van der Waals surface area (Å²) in [7, 11) is 0. The van der Waals surface area contributed by atoms with E-state index in [9.17, 15) is 9.18 Å². The van der Waals surface area contributed by atoms with Gasteiger partial charge in [-0.2, -0.15) is 0 Å². The third kappa shape index (κ3) is 6.34. The first kappa shape index (κ1) is 20.8. The molecule has 1 fully saturated rings. The van der Waals surface area contributed by atoms with Gasteiger partial charge in [-0.25, -0.2) is 4.39 Å². The fourth-order valence-corrected chi connectivity index (χ4v) is 3.36. The molecule has 1 atom stereocenters. The van der Waals surface area contributed by atoms with Crippen LogP contribution in [0.5, 0.6) is 0 Å². The minimum absolute atomic E-state index is 0.0196. The molecular formula is C20H32FN3O2. The van der Waals surface area contributed by atoms with E-state index in [2.05, 4.69) is 29.0 Å². The smallest absolute Gasteiger partial charge is 0.237 e. The summed E-state index contributed by atoms with van der Waals surface area (Å²) in [6.07, 6.45) is 1.79. The lowest BCUT2D eigenvalue weighted by molar-refractivity contribution is -0.125. The minimum atomic E-state index is -0.208. The van der Waals surface area contributed by atoms with Crippen LogP contribution in [-0.4, -0.2) is 67.7 Å². The molecule has 1 amide bonds.